The first-order chi connectivity index (χ1) is 9.67. The van der Waals surface area contributed by atoms with E-state index in [9.17, 15) is 5.11 Å². The number of methoxy groups -OCH3 is 1. The molecule has 1 aromatic rings. The summed E-state index contributed by atoms with van der Waals surface area (Å²) < 4.78 is 5.17. The fourth-order valence-corrected chi connectivity index (χ4v) is 3.31. The van der Waals surface area contributed by atoms with Gasteiger partial charge in [0.2, 0.25) is 0 Å². The summed E-state index contributed by atoms with van der Waals surface area (Å²) in [7, 11) is 1.72. The summed E-state index contributed by atoms with van der Waals surface area (Å²) in [6.45, 7) is 3.97. The highest BCUT2D eigenvalue weighted by Crippen LogP contribution is 2.32. The maximum absolute atomic E-state index is 9.79. The Morgan fingerprint density at radius 1 is 1.40 bits per heavy atom. The molecule has 0 saturated heterocycles. The van der Waals surface area contributed by atoms with E-state index in [-0.39, 0.29) is 12.1 Å². The van der Waals surface area contributed by atoms with Crippen molar-refractivity contribution in [2.45, 2.75) is 51.3 Å². The summed E-state index contributed by atoms with van der Waals surface area (Å²) in [4.78, 5) is 0. The third kappa shape index (κ3) is 4.05. The maximum Gasteiger partial charge on any atom is 0.0713 e. The van der Waals surface area contributed by atoms with Gasteiger partial charge in [-0.1, -0.05) is 44.0 Å². The van der Waals surface area contributed by atoms with Crippen LogP contribution in [0.4, 0.5) is 0 Å². The van der Waals surface area contributed by atoms with Gasteiger partial charge in [0.05, 0.1) is 13.2 Å². The van der Waals surface area contributed by atoms with Gasteiger partial charge >= 0.3 is 0 Å². The molecule has 0 aromatic heterocycles. The van der Waals surface area contributed by atoms with Crippen molar-refractivity contribution in [3.05, 3.63) is 35.4 Å². The number of rotatable bonds is 6. The third-order valence-electron chi connectivity index (χ3n) is 4.36. The zero-order valence-electron chi connectivity index (χ0n) is 12.7. The number of ether oxygens (including phenoxy) is 1. The van der Waals surface area contributed by atoms with Crippen LogP contribution in [0.15, 0.2) is 24.3 Å². The molecule has 2 unspecified atom stereocenters. The van der Waals surface area contributed by atoms with E-state index in [1.807, 2.05) is 0 Å². The van der Waals surface area contributed by atoms with Crippen LogP contribution in [0.1, 0.15) is 43.7 Å². The minimum Gasteiger partial charge on any atom is -0.394 e. The first kappa shape index (κ1) is 15.5. The second-order valence-electron chi connectivity index (χ2n) is 6.25. The van der Waals surface area contributed by atoms with E-state index in [1.54, 1.807) is 7.11 Å². The fraction of sp³-hybridized carbons (Fsp3) is 0.647. The van der Waals surface area contributed by atoms with Crippen LogP contribution in [0.2, 0.25) is 0 Å². The van der Waals surface area contributed by atoms with Crippen molar-refractivity contribution >= 4 is 0 Å². The lowest BCUT2D eigenvalue weighted by atomic mass is 9.77. The molecule has 2 rings (SSSR count). The van der Waals surface area contributed by atoms with Crippen molar-refractivity contribution in [2.75, 3.05) is 13.7 Å². The minimum atomic E-state index is -0.0884. The van der Waals surface area contributed by atoms with Crippen LogP contribution in [0, 0.1) is 5.92 Å². The summed E-state index contributed by atoms with van der Waals surface area (Å²) in [6.07, 6.45) is 4.64. The molecule has 1 saturated carbocycles. The molecule has 0 aliphatic heterocycles. The van der Waals surface area contributed by atoms with Crippen LogP contribution >= 0.6 is 0 Å². The zero-order chi connectivity index (χ0) is 14.4. The molecule has 0 heterocycles. The highest BCUT2D eigenvalue weighted by molar-refractivity contribution is 5.23. The number of hydrogen-bond donors (Lipinski definition) is 2. The lowest BCUT2D eigenvalue weighted by Crippen LogP contribution is -2.51. The monoisotopic (exact) mass is 277 g/mol. The molecule has 112 valence electrons. The third-order valence-corrected chi connectivity index (χ3v) is 4.36. The second kappa shape index (κ2) is 7.21. The Morgan fingerprint density at radius 3 is 2.90 bits per heavy atom. The molecular weight excluding hydrogens is 250 g/mol. The van der Waals surface area contributed by atoms with Crippen LogP contribution in [-0.4, -0.2) is 24.4 Å². The molecule has 2 N–H and O–H groups in total. The van der Waals surface area contributed by atoms with Gasteiger partial charge in [0.1, 0.15) is 0 Å². The molecule has 2 atom stereocenters. The average Bonchev–Trinajstić information content (AvgIpc) is 2.46. The van der Waals surface area contributed by atoms with E-state index in [4.69, 9.17) is 4.74 Å². The summed E-state index contributed by atoms with van der Waals surface area (Å²) in [6, 6.07) is 8.45. The van der Waals surface area contributed by atoms with Gasteiger partial charge in [-0.25, -0.2) is 0 Å². The SMILES string of the molecule is COCc1cccc(CNC2(CO)CCCC(C)C2)c1. The van der Waals surface area contributed by atoms with Gasteiger partial charge in [-0.3, -0.25) is 0 Å². The average molecular weight is 277 g/mol. The van der Waals surface area contributed by atoms with Gasteiger partial charge in [0.25, 0.3) is 0 Å². The molecule has 3 heteroatoms. The zero-order valence-corrected chi connectivity index (χ0v) is 12.7. The molecule has 0 amide bonds. The number of benzene rings is 1. The minimum absolute atomic E-state index is 0.0884. The van der Waals surface area contributed by atoms with Gasteiger partial charge < -0.3 is 15.2 Å². The molecule has 3 nitrogen and oxygen atoms in total. The Balaban J connectivity index is 1.97. The van der Waals surface area contributed by atoms with Crippen LogP contribution in [0.25, 0.3) is 0 Å². The summed E-state index contributed by atoms with van der Waals surface area (Å²) >= 11 is 0. The smallest absolute Gasteiger partial charge is 0.0713 e. The Hall–Kier alpha value is -0.900. The molecule has 1 fully saturated rings. The van der Waals surface area contributed by atoms with Gasteiger partial charge in [-0.2, -0.15) is 0 Å². The maximum atomic E-state index is 9.79. The molecular formula is C17H27NO2. The second-order valence-corrected chi connectivity index (χ2v) is 6.25. The van der Waals surface area contributed by atoms with E-state index in [1.165, 1.54) is 24.0 Å². The van der Waals surface area contributed by atoms with Gasteiger partial charge in [0, 0.05) is 19.2 Å². The lowest BCUT2D eigenvalue weighted by molar-refractivity contribution is 0.0982. The number of hydrogen-bond acceptors (Lipinski definition) is 3. The van der Waals surface area contributed by atoms with Crippen molar-refractivity contribution < 1.29 is 9.84 Å². The number of aliphatic hydroxyl groups excluding tert-OH is 1. The molecule has 1 aliphatic carbocycles. The normalized spacial score (nSPS) is 26.6. The molecule has 1 aliphatic rings. The summed E-state index contributed by atoms with van der Waals surface area (Å²) in [5, 5.41) is 13.4. The van der Waals surface area contributed by atoms with Gasteiger partial charge in [-0.05, 0) is 29.9 Å². The van der Waals surface area contributed by atoms with E-state index in [0.717, 1.165) is 19.4 Å². The predicted molar refractivity (Wildman–Crippen MR) is 81.4 cm³/mol. The fourth-order valence-electron chi connectivity index (χ4n) is 3.31. The predicted octanol–water partition coefficient (Wildman–Crippen LogP) is 2.86. The Bertz CT molecular complexity index is 421. The molecule has 20 heavy (non-hydrogen) atoms. The first-order valence-electron chi connectivity index (χ1n) is 7.60. The van der Waals surface area contributed by atoms with Crippen LogP contribution in [-0.2, 0) is 17.9 Å². The van der Waals surface area contributed by atoms with Crippen molar-refractivity contribution in [3.63, 3.8) is 0 Å². The summed E-state index contributed by atoms with van der Waals surface area (Å²) in [5.74, 6) is 0.697. The largest absolute Gasteiger partial charge is 0.394 e. The quantitative estimate of drug-likeness (QED) is 0.840. The standard InChI is InChI=1S/C17H27NO2/c1-14-5-4-8-17(10-14,13-19)18-11-15-6-3-7-16(9-15)12-20-2/h3,6-7,9,14,18-19H,4-5,8,10-13H2,1-2H3. The molecule has 0 radical (unpaired) electrons. The van der Waals surface area contributed by atoms with Crippen molar-refractivity contribution in [2.24, 2.45) is 5.92 Å². The van der Waals surface area contributed by atoms with E-state index >= 15 is 0 Å². The number of aliphatic hydroxyl groups is 1. The van der Waals surface area contributed by atoms with Gasteiger partial charge in [-0.15, -0.1) is 0 Å². The lowest BCUT2D eigenvalue weighted by Gasteiger charge is -2.39. The topological polar surface area (TPSA) is 41.5 Å². The molecule has 1 aromatic carbocycles. The highest BCUT2D eigenvalue weighted by Gasteiger charge is 2.33. The van der Waals surface area contributed by atoms with Crippen molar-refractivity contribution in [1.82, 2.24) is 5.32 Å². The molecule has 0 bridgehead atoms. The highest BCUT2D eigenvalue weighted by atomic mass is 16.5. The van der Waals surface area contributed by atoms with Crippen LogP contribution in [0.3, 0.4) is 0 Å². The van der Waals surface area contributed by atoms with E-state index in [0.29, 0.717) is 12.5 Å². The van der Waals surface area contributed by atoms with Gasteiger partial charge in [0.15, 0.2) is 0 Å². The summed E-state index contributed by atoms with van der Waals surface area (Å²) in [5.41, 5.74) is 2.36. The van der Waals surface area contributed by atoms with E-state index < -0.39 is 0 Å². The Kier molecular flexibility index (Phi) is 5.58. The van der Waals surface area contributed by atoms with Crippen molar-refractivity contribution in [3.8, 4) is 0 Å². The van der Waals surface area contributed by atoms with E-state index in [2.05, 4.69) is 36.5 Å². The Morgan fingerprint density at radius 2 is 2.20 bits per heavy atom. The molecule has 0 spiro atoms. The van der Waals surface area contributed by atoms with Crippen LogP contribution < -0.4 is 5.32 Å². The van der Waals surface area contributed by atoms with Crippen molar-refractivity contribution in [1.29, 1.82) is 0 Å². The van der Waals surface area contributed by atoms with Crippen LogP contribution in [0.5, 0.6) is 0 Å². The number of nitrogens with one attached hydrogen (secondary N) is 1. The Labute approximate surface area is 122 Å². The first-order valence-corrected chi connectivity index (χ1v) is 7.60.